The van der Waals surface area contributed by atoms with Gasteiger partial charge < -0.3 is 15.2 Å². The van der Waals surface area contributed by atoms with Crippen LogP contribution >= 0.6 is 0 Å². The number of hydrogen-bond donors (Lipinski definition) is 2. The van der Waals surface area contributed by atoms with Gasteiger partial charge in [-0.3, -0.25) is 14.8 Å². The minimum absolute atomic E-state index is 0.0244. The topological polar surface area (TPSA) is 84.3 Å². The molecule has 0 unspecified atom stereocenters. The Morgan fingerprint density at radius 1 is 1.27 bits per heavy atom. The van der Waals surface area contributed by atoms with E-state index >= 15 is 0 Å². The van der Waals surface area contributed by atoms with Gasteiger partial charge in [0.25, 0.3) is 5.91 Å². The summed E-state index contributed by atoms with van der Waals surface area (Å²) in [5.41, 5.74) is 1.51. The van der Waals surface area contributed by atoms with E-state index in [1.54, 1.807) is 12.4 Å². The molecule has 2 N–H and O–H groups in total. The van der Waals surface area contributed by atoms with Gasteiger partial charge >= 0.3 is 0 Å². The fourth-order valence-electron chi connectivity index (χ4n) is 2.58. The predicted molar refractivity (Wildman–Crippen MR) is 79.4 cm³/mol. The molecule has 2 aromatic heterocycles. The minimum Gasteiger partial charge on any atom is -0.506 e. The van der Waals surface area contributed by atoms with E-state index in [-0.39, 0.29) is 23.6 Å². The number of carbonyl (C=O) groups is 1. The van der Waals surface area contributed by atoms with Gasteiger partial charge in [0.15, 0.2) is 0 Å². The average molecular weight is 299 g/mol. The quantitative estimate of drug-likeness (QED) is 0.885. The summed E-state index contributed by atoms with van der Waals surface area (Å²) >= 11 is 0. The normalized spacial score (nSPS) is 20.7. The van der Waals surface area contributed by atoms with Gasteiger partial charge in [0, 0.05) is 24.5 Å². The van der Waals surface area contributed by atoms with Crippen LogP contribution < -0.4 is 5.32 Å². The number of amides is 1. The molecule has 114 valence electrons. The van der Waals surface area contributed by atoms with Crippen LogP contribution in [0, 0.1) is 5.92 Å². The van der Waals surface area contributed by atoms with Gasteiger partial charge in [-0.1, -0.05) is 0 Å². The lowest BCUT2D eigenvalue weighted by molar-refractivity contribution is 0.0924. The van der Waals surface area contributed by atoms with Crippen LogP contribution in [0.3, 0.4) is 0 Å². The Kier molecular flexibility index (Phi) is 4.29. The van der Waals surface area contributed by atoms with Crippen molar-refractivity contribution in [1.29, 1.82) is 0 Å². The van der Waals surface area contributed by atoms with Gasteiger partial charge in [-0.15, -0.1) is 0 Å². The molecule has 1 aliphatic rings. The molecule has 0 aliphatic carbocycles. The lowest BCUT2D eigenvalue weighted by atomic mass is 9.95. The second-order valence-electron chi connectivity index (χ2n) is 5.37. The van der Waals surface area contributed by atoms with E-state index in [1.165, 1.54) is 24.0 Å². The zero-order valence-corrected chi connectivity index (χ0v) is 12.0. The minimum atomic E-state index is -0.251. The van der Waals surface area contributed by atoms with Crippen LogP contribution in [0.1, 0.15) is 15.9 Å². The molecule has 1 saturated heterocycles. The number of rotatable bonds is 4. The maximum atomic E-state index is 12.2. The molecule has 6 heteroatoms. The summed E-state index contributed by atoms with van der Waals surface area (Å²) in [5, 5.41) is 12.4. The Labute approximate surface area is 128 Å². The second-order valence-corrected chi connectivity index (χ2v) is 5.37. The third-order valence-electron chi connectivity index (χ3n) is 3.75. The smallest absolute Gasteiger partial charge is 0.253 e. The number of aromatic hydroxyl groups is 1. The molecule has 6 nitrogen and oxygen atoms in total. The Balaban J connectivity index is 1.65. The molecule has 0 bridgehead atoms. The Morgan fingerprint density at radius 2 is 2.09 bits per heavy atom. The number of pyridine rings is 2. The van der Waals surface area contributed by atoms with Crippen molar-refractivity contribution in [3.63, 3.8) is 0 Å². The van der Waals surface area contributed by atoms with E-state index in [0.29, 0.717) is 18.8 Å². The van der Waals surface area contributed by atoms with Gasteiger partial charge in [-0.05, 0) is 30.2 Å². The monoisotopic (exact) mass is 299 g/mol. The maximum absolute atomic E-state index is 12.2. The van der Waals surface area contributed by atoms with E-state index in [4.69, 9.17) is 4.74 Å². The first kappa shape index (κ1) is 14.5. The highest BCUT2D eigenvalue weighted by Crippen LogP contribution is 2.19. The molecule has 3 heterocycles. The first-order valence-electron chi connectivity index (χ1n) is 7.14. The Bertz CT molecular complexity index is 648. The van der Waals surface area contributed by atoms with Crippen molar-refractivity contribution in [2.45, 2.75) is 12.5 Å². The van der Waals surface area contributed by atoms with Gasteiger partial charge in [0.05, 0.1) is 31.0 Å². The number of ether oxygens (including phenoxy) is 1. The molecule has 0 spiro atoms. The van der Waals surface area contributed by atoms with E-state index in [9.17, 15) is 9.90 Å². The van der Waals surface area contributed by atoms with Crippen LogP contribution in [0.4, 0.5) is 0 Å². The van der Waals surface area contributed by atoms with Crippen LogP contribution in [0.25, 0.3) is 0 Å². The number of aromatic nitrogens is 2. The first-order chi connectivity index (χ1) is 10.7. The lowest BCUT2D eigenvalue weighted by Gasteiger charge is -2.19. The fraction of sp³-hybridized carbons (Fsp3) is 0.312. The van der Waals surface area contributed by atoms with Crippen molar-refractivity contribution in [2.75, 3.05) is 13.2 Å². The molecular weight excluding hydrogens is 282 g/mol. The van der Waals surface area contributed by atoms with Crippen molar-refractivity contribution in [1.82, 2.24) is 15.3 Å². The zero-order chi connectivity index (χ0) is 15.4. The van der Waals surface area contributed by atoms with E-state index in [0.717, 1.165) is 6.42 Å². The molecule has 0 saturated carbocycles. The van der Waals surface area contributed by atoms with E-state index in [2.05, 4.69) is 15.3 Å². The summed E-state index contributed by atoms with van der Waals surface area (Å²) in [6.45, 7) is 1.11. The zero-order valence-electron chi connectivity index (χ0n) is 12.0. The molecule has 1 aliphatic heterocycles. The van der Waals surface area contributed by atoms with Crippen molar-refractivity contribution in [2.24, 2.45) is 5.92 Å². The van der Waals surface area contributed by atoms with Gasteiger partial charge in [0.2, 0.25) is 0 Å². The molecule has 2 aromatic rings. The summed E-state index contributed by atoms with van der Waals surface area (Å²) in [7, 11) is 0. The van der Waals surface area contributed by atoms with Crippen LogP contribution in [-0.2, 0) is 11.2 Å². The SMILES string of the molecule is O=C(N[C@H]1COC[C@H]1Cc1ccncc1)c1cncc(O)c1. The summed E-state index contributed by atoms with van der Waals surface area (Å²) in [6, 6.07) is 5.28. The lowest BCUT2D eigenvalue weighted by Crippen LogP contribution is -2.40. The predicted octanol–water partition coefficient (Wildman–Crippen LogP) is 1.17. The number of nitrogens with zero attached hydrogens (tertiary/aromatic N) is 2. The number of carbonyl (C=O) groups excluding carboxylic acids is 1. The summed E-state index contributed by atoms with van der Waals surface area (Å²) < 4.78 is 5.51. The highest BCUT2D eigenvalue weighted by atomic mass is 16.5. The van der Waals surface area contributed by atoms with Crippen LogP contribution in [0.2, 0.25) is 0 Å². The Hall–Kier alpha value is -2.47. The highest BCUT2D eigenvalue weighted by molar-refractivity contribution is 5.94. The van der Waals surface area contributed by atoms with Gasteiger partial charge in [0.1, 0.15) is 5.75 Å². The molecule has 22 heavy (non-hydrogen) atoms. The summed E-state index contributed by atoms with van der Waals surface area (Å²) in [5.74, 6) is -0.0566. The van der Waals surface area contributed by atoms with Gasteiger partial charge in [-0.2, -0.15) is 0 Å². The average Bonchev–Trinajstić information content (AvgIpc) is 2.95. The molecule has 3 rings (SSSR count). The molecular formula is C16H17N3O3. The van der Waals surface area contributed by atoms with E-state index in [1.807, 2.05) is 12.1 Å². The molecule has 1 amide bonds. The third kappa shape index (κ3) is 3.40. The Morgan fingerprint density at radius 3 is 2.86 bits per heavy atom. The molecule has 0 radical (unpaired) electrons. The van der Waals surface area contributed by atoms with Crippen molar-refractivity contribution >= 4 is 5.91 Å². The van der Waals surface area contributed by atoms with Crippen LogP contribution in [-0.4, -0.2) is 40.2 Å². The van der Waals surface area contributed by atoms with Gasteiger partial charge in [-0.25, -0.2) is 0 Å². The molecule has 2 atom stereocenters. The van der Waals surface area contributed by atoms with Crippen molar-refractivity contribution in [3.05, 3.63) is 54.1 Å². The first-order valence-corrected chi connectivity index (χ1v) is 7.14. The van der Waals surface area contributed by atoms with Crippen molar-refractivity contribution < 1.29 is 14.6 Å². The van der Waals surface area contributed by atoms with Crippen LogP contribution in [0.15, 0.2) is 43.0 Å². The van der Waals surface area contributed by atoms with Crippen LogP contribution in [0.5, 0.6) is 5.75 Å². The second kappa shape index (κ2) is 6.53. The van der Waals surface area contributed by atoms with Crippen molar-refractivity contribution in [3.8, 4) is 5.75 Å². The molecule has 0 aromatic carbocycles. The maximum Gasteiger partial charge on any atom is 0.253 e. The number of hydrogen-bond acceptors (Lipinski definition) is 5. The summed E-state index contributed by atoms with van der Waals surface area (Å²) in [6.07, 6.45) is 7.07. The highest BCUT2D eigenvalue weighted by Gasteiger charge is 2.30. The fourth-order valence-corrected chi connectivity index (χ4v) is 2.58. The molecule has 1 fully saturated rings. The van der Waals surface area contributed by atoms with E-state index < -0.39 is 0 Å². The summed E-state index contributed by atoms with van der Waals surface area (Å²) in [4.78, 5) is 20.0. The number of nitrogens with one attached hydrogen (secondary N) is 1. The standard InChI is InChI=1S/C16H17N3O3/c20-14-6-12(7-18-8-14)16(21)19-15-10-22-9-13(15)5-11-1-3-17-4-2-11/h1-4,6-8,13,15,20H,5,9-10H2,(H,19,21)/t13-,15+/m1/s1. The third-order valence-corrected chi connectivity index (χ3v) is 3.75. The largest absolute Gasteiger partial charge is 0.506 e.